The highest BCUT2D eigenvalue weighted by molar-refractivity contribution is 6.30. The largest absolute Gasteiger partial charge is 0.475 e. The lowest BCUT2D eigenvalue weighted by molar-refractivity contribution is -0.185. The molecule has 0 saturated heterocycles. The molecule has 2 rings (SSSR count). The number of nitrogens with zero attached hydrogens (tertiary/aromatic N) is 1. The second-order valence-electron chi connectivity index (χ2n) is 6.85. The van der Waals surface area contributed by atoms with Gasteiger partial charge in [0.25, 0.3) is 5.91 Å². The quantitative estimate of drug-likeness (QED) is 0.155. The lowest BCUT2D eigenvalue weighted by Gasteiger charge is -2.30. The Morgan fingerprint density at radius 3 is 2.69 bits per heavy atom. The van der Waals surface area contributed by atoms with E-state index in [0.29, 0.717) is 5.56 Å². The minimum atomic E-state index is -4.89. The van der Waals surface area contributed by atoms with Gasteiger partial charge in [-0.25, -0.2) is 10.3 Å². The molecule has 0 aliphatic carbocycles. The zero-order valence-corrected chi connectivity index (χ0v) is 17.9. The van der Waals surface area contributed by atoms with E-state index in [4.69, 9.17) is 27.3 Å². The highest BCUT2D eigenvalue weighted by Crippen LogP contribution is 2.40. The van der Waals surface area contributed by atoms with Crippen molar-refractivity contribution in [3.63, 3.8) is 0 Å². The summed E-state index contributed by atoms with van der Waals surface area (Å²) in [5.74, 6) is -2.29. The number of aryl methyl sites for hydroxylation is 1. The third kappa shape index (κ3) is 6.26. The van der Waals surface area contributed by atoms with E-state index in [1.165, 1.54) is 19.1 Å². The number of hydrogen-bond donors (Lipinski definition) is 4. The number of alkyl halides is 3. The van der Waals surface area contributed by atoms with Crippen molar-refractivity contribution in [2.75, 3.05) is 13.7 Å². The van der Waals surface area contributed by atoms with Gasteiger partial charge in [0.05, 0.1) is 12.7 Å². The molecular formula is C19H22ClF3N4O5. The number of benzene rings is 1. The molecule has 2 atom stereocenters. The van der Waals surface area contributed by atoms with Gasteiger partial charge in [-0.05, 0) is 43.5 Å². The lowest BCUT2D eigenvalue weighted by atomic mass is 9.98. The highest BCUT2D eigenvalue weighted by atomic mass is 35.5. The minimum absolute atomic E-state index is 0.00698. The number of fused-ring (bicyclic) bond motifs is 1. The van der Waals surface area contributed by atoms with Crippen LogP contribution in [0.3, 0.4) is 0 Å². The second-order valence-corrected chi connectivity index (χ2v) is 7.29. The molecule has 1 heterocycles. The molecule has 1 amide bonds. The Kier molecular flexibility index (Phi) is 8.33. The average molecular weight is 479 g/mol. The Balaban J connectivity index is 2.29. The molecule has 0 aromatic heterocycles. The van der Waals surface area contributed by atoms with Crippen LogP contribution >= 0.6 is 11.6 Å². The van der Waals surface area contributed by atoms with E-state index in [1.54, 1.807) is 5.48 Å². The molecule has 1 aliphatic heterocycles. The van der Waals surface area contributed by atoms with Crippen LogP contribution in [0.4, 0.5) is 13.2 Å². The molecule has 0 bridgehead atoms. The van der Waals surface area contributed by atoms with Crippen LogP contribution in [0, 0.1) is 6.92 Å². The maximum absolute atomic E-state index is 13.7. The van der Waals surface area contributed by atoms with Crippen molar-refractivity contribution in [2.45, 2.75) is 38.1 Å². The van der Waals surface area contributed by atoms with Crippen molar-refractivity contribution in [3.8, 4) is 5.75 Å². The molecule has 1 unspecified atom stereocenters. The van der Waals surface area contributed by atoms with Crippen LogP contribution in [0.25, 0.3) is 6.08 Å². The summed E-state index contributed by atoms with van der Waals surface area (Å²) in [5.41, 5.74) is 6.74. The van der Waals surface area contributed by atoms with Crippen LogP contribution in [-0.4, -0.2) is 55.0 Å². The number of nitrogens with two attached hydrogens (primary N) is 1. The topological polar surface area (TPSA) is 135 Å². The van der Waals surface area contributed by atoms with Crippen LogP contribution < -0.4 is 21.3 Å². The maximum Gasteiger partial charge on any atom is 0.429 e. The van der Waals surface area contributed by atoms with Crippen LogP contribution in [0.15, 0.2) is 22.7 Å². The van der Waals surface area contributed by atoms with Gasteiger partial charge in [0.1, 0.15) is 11.8 Å². The van der Waals surface area contributed by atoms with Crippen molar-refractivity contribution in [3.05, 3.63) is 33.9 Å². The standard InChI is InChI=1S/C19H22ClF3N4O5/c1-9-6-11(20)7-10-8-12(15(19(21,22)23)32-14(9)10)16(28)26-13(17(29)31-2)4-3-5-25-18(24)27-30/h6-8,13,15,30H,3-5H2,1-2H3,(H,26,28)(H3,24,25,27)/t13?,15-/m0/s1. The SMILES string of the molecule is COC(=O)C(CCCN=C(N)NO)NC(=O)C1=Cc2cc(Cl)cc(C)c2O[C@@H]1C(F)(F)F. The first-order valence-corrected chi connectivity index (χ1v) is 9.69. The molecular weight excluding hydrogens is 457 g/mol. The fraction of sp³-hybridized carbons (Fsp3) is 0.421. The van der Waals surface area contributed by atoms with Gasteiger partial charge in [-0.3, -0.25) is 15.0 Å². The number of nitrogens with one attached hydrogen (secondary N) is 2. The third-order valence-corrected chi connectivity index (χ3v) is 4.71. The number of methoxy groups -OCH3 is 1. The first-order chi connectivity index (χ1) is 15.0. The normalized spacial score (nSPS) is 16.9. The van der Waals surface area contributed by atoms with Gasteiger partial charge in [0.15, 0.2) is 0 Å². The summed E-state index contributed by atoms with van der Waals surface area (Å²) >= 11 is 5.98. The van der Waals surface area contributed by atoms with Crippen LogP contribution in [0.2, 0.25) is 5.02 Å². The summed E-state index contributed by atoms with van der Waals surface area (Å²) in [4.78, 5) is 28.5. The molecule has 0 radical (unpaired) electrons. The number of ether oxygens (including phenoxy) is 2. The summed E-state index contributed by atoms with van der Waals surface area (Å²) in [6.45, 7) is 1.61. The van der Waals surface area contributed by atoms with Gasteiger partial charge < -0.3 is 20.5 Å². The molecule has 176 valence electrons. The second kappa shape index (κ2) is 10.6. The molecule has 0 saturated carbocycles. The predicted molar refractivity (Wildman–Crippen MR) is 109 cm³/mol. The van der Waals surface area contributed by atoms with E-state index in [1.807, 2.05) is 0 Å². The maximum atomic E-state index is 13.7. The van der Waals surface area contributed by atoms with Crippen LogP contribution in [0.1, 0.15) is 24.0 Å². The highest BCUT2D eigenvalue weighted by Gasteiger charge is 2.49. The molecule has 13 heteroatoms. The Bertz CT molecular complexity index is 936. The average Bonchev–Trinajstić information content (AvgIpc) is 2.73. The Morgan fingerprint density at radius 1 is 1.41 bits per heavy atom. The molecule has 9 nitrogen and oxygen atoms in total. The number of aliphatic imine (C=N–C) groups is 1. The van der Waals surface area contributed by atoms with Gasteiger partial charge in [0.2, 0.25) is 12.1 Å². The molecule has 1 aliphatic rings. The fourth-order valence-corrected chi connectivity index (χ4v) is 3.32. The number of halogens is 4. The Morgan fingerprint density at radius 2 is 2.09 bits per heavy atom. The van der Waals surface area contributed by atoms with Gasteiger partial charge >= 0.3 is 12.1 Å². The summed E-state index contributed by atoms with van der Waals surface area (Å²) in [7, 11) is 1.08. The smallest absolute Gasteiger partial charge is 0.429 e. The van der Waals surface area contributed by atoms with Crippen molar-refractivity contribution < 1.29 is 37.4 Å². The van der Waals surface area contributed by atoms with Crippen LogP contribution in [0.5, 0.6) is 5.75 Å². The van der Waals surface area contributed by atoms with Crippen molar-refractivity contribution in [1.82, 2.24) is 10.8 Å². The number of hydrogen-bond acceptors (Lipinski definition) is 6. The first-order valence-electron chi connectivity index (χ1n) is 9.31. The van der Waals surface area contributed by atoms with E-state index in [0.717, 1.165) is 13.2 Å². The molecule has 32 heavy (non-hydrogen) atoms. The zero-order valence-electron chi connectivity index (χ0n) is 17.1. The number of hydroxylamine groups is 1. The van der Waals surface area contributed by atoms with Crippen molar-refractivity contribution in [2.24, 2.45) is 10.7 Å². The number of guanidine groups is 1. The van der Waals surface area contributed by atoms with E-state index in [9.17, 15) is 22.8 Å². The van der Waals surface area contributed by atoms with E-state index in [-0.39, 0.29) is 41.7 Å². The predicted octanol–water partition coefficient (Wildman–Crippen LogP) is 2.09. The molecule has 1 aromatic carbocycles. The zero-order chi connectivity index (χ0) is 24.1. The monoisotopic (exact) mass is 478 g/mol. The Hall–Kier alpha value is -2.99. The number of carbonyl (C=O) groups is 2. The fourth-order valence-electron chi connectivity index (χ4n) is 3.04. The van der Waals surface area contributed by atoms with Crippen molar-refractivity contribution >= 4 is 35.5 Å². The van der Waals surface area contributed by atoms with Gasteiger partial charge in [0, 0.05) is 17.1 Å². The van der Waals surface area contributed by atoms with E-state index in [2.05, 4.69) is 15.0 Å². The van der Waals surface area contributed by atoms with E-state index >= 15 is 0 Å². The number of amides is 1. The third-order valence-electron chi connectivity index (χ3n) is 4.50. The minimum Gasteiger partial charge on any atom is -0.475 e. The van der Waals surface area contributed by atoms with Gasteiger partial charge in [-0.2, -0.15) is 13.2 Å². The van der Waals surface area contributed by atoms with E-state index < -0.39 is 35.8 Å². The number of esters is 1. The summed E-state index contributed by atoms with van der Waals surface area (Å²) in [6.07, 6.45) is -6.19. The first kappa shape index (κ1) is 25.3. The Labute approximate surface area is 186 Å². The van der Waals surface area contributed by atoms with Gasteiger partial charge in [-0.15, -0.1) is 0 Å². The van der Waals surface area contributed by atoms with Gasteiger partial charge in [-0.1, -0.05) is 11.6 Å². The van der Waals surface area contributed by atoms with Crippen molar-refractivity contribution in [1.29, 1.82) is 0 Å². The molecule has 0 spiro atoms. The van der Waals surface area contributed by atoms with Crippen LogP contribution in [-0.2, 0) is 14.3 Å². The number of rotatable bonds is 7. The summed E-state index contributed by atoms with van der Waals surface area (Å²) in [6, 6.07) is 1.57. The molecule has 1 aromatic rings. The number of carbonyl (C=O) groups excluding carboxylic acids is 2. The molecule has 0 fully saturated rings. The summed E-state index contributed by atoms with van der Waals surface area (Å²) in [5, 5.41) is 11.1. The lowest BCUT2D eigenvalue weighted by Crippen LogP contribution is -2.48. The summed E-state index contributed by atoms with van der Waals surface area (Å²) < 4.78 is 50.7. The molecule has 5 N–H and O–H groups in total.